The highest BCUT2D eigenvalue weighted by Crippen LogP contribution is 2.21. The molecule has 0 saturated heterocycles. The molecule has 0 aromatic heterocycles. The first kappa shape index (κ1) is 16.5. The Morgan fingerprint density at radius 2 is 1.95 bits per heavy atom. The van der Waals surface area contributed by atoms with Crippen LogP contribution < -0.4 is 5.32 Å². The lowest BCUT2D eigenvalue weighted by molar-refractivity contribution is 0.287. The van der Waals surface area contributed by atoms with Crippen molar-refractivity contribution in [2.75, 3.05) is 26.2 Å². The van der Waals surface area contributed by atoms with Crippen molar-refractivity contribution < 1.29 is 8.78 Å². The van der Waals surface area contributed by atoms with Crippen LogP contribution in [0.25, 0.3) is 0 Å². The number of nitrogens with zero attached hydrogens (tertiary/aromatic N) is 1. The van der Waals surface area contributed by atoms with Crippen molar-refractivity contribution in [1.29, 1.82) is 0 Å². The molecule has 0 atom stereocenters. The predicted molar refractivity (Wildman–Crippen MR) is 78.2 cm³/mol. The first-order chi connectivity index (χ1) is 9.10. The Bertz CT molecular complexity index is 399. The van der Waals surface area contributed by atoms with E-state index in [9.17, 15) is 8.78 Å². The fourth-order valence-corrected chi connectivity index (χ4v) is 2.30. The van der Waals surface area contributed by atoms with E-state index in [0.29, 0.717) is 4.47 Å². The second kappa shape index (κ2) is 8.61. The Hall–Kier alpha value is -0.520. The summed E-state index contributed by atoms with van der Waals surface area (Å²) in [6.45, 7) is 8.13. The summed E-state index contributed by atoms with van der Waals surface area (Å²) in [7, 11) is 0. The minimum absolute atomic E-state index is 0.0907. The molecule has 0 amide bonds. The van der Waals surface area contributed by atoms with Gasteiger partial charge in [0, 0.05) is 25.2 Å². The largest absolute Gasteiger partial charge is 0.311 e. The standard InChI is InChI=1S/C14H21BrF2N2/c1-3-8-19(4-2)9-7-18-10-11-13(16)6-5-12(15)14(11)17/h5-6,18H,3-4,7-10H2,1-2H3. The summed E-state index contributed by atoms with van der Waals surface area (Å²) in [4.78, 5) is 2.31. The Morgan fingerprint density at radius 1 is 1.21 bits per heavy atom. The lowest BCUT2D eigenvalue weighted by Gasteiger charge is -2.19. The molecule has 19 heavy (non-hydrogen) atoms. The summed E-state index contributed by atoms with van der Waals surface area (Å²) in [5, 5.41) is 3.09. The van der Waals surface area contributed by atoms with Crippen LogP contribution in [0.2, 0.25) is 0 Å². The molecule has 0 aliphatic carbocycles. The van der Waals surface area contributed by atoms with Crippen molar-refractivity contribution in [3.05, 3.63) is 33.8 Å². The summed E-state index contributed by atoms with van der Waals surface area (Å²) < 4.78 is 27.5. The molecule has 1 N–H and O–H groups in total. The van der Waals surface area contributed by atoms with E-state index in [1.54, 1.807) is 0 Å². The summed E-state index contributed by atoms with van der Waals surface area (Å²) in [6, 6.07) is 2.66. The number of halogens is 3. The maximum atomic E-state index is 13.7. The molecule has 0 bridgehead atoms. The van der Waals surface area contributed by atoms with Crippen LogP contribution in [0.4, 0.5) is 8.78 Å². The zero-order chi connectivity index (χ0) is 14.3. The first-order valence-electron chi connectivity index (χ1n) is 6.65. The fourth-order valence-electron chi connectivity index (χ4n) is 1.93. The van der Waals surface area contributed by atoms with Gasteiger partial charge in [-0.25, -0.2) is 8.78 Å². The average Bonchev–Trinajstić information content (AvgIpc) is 2.41. The van der Waals surface area contributed by atoms with Gasteiger partial charge < -0.3 is 10.2 Å². The normalized spacial score (nSPS) is 11.3. The van der Waals surface area contributed by atoms with E-state index in [4.69, 9.17) is 0 Å². The van der Waals surface area contributed by atoms with E-state index in [0.717, 1.165) is 32.6 Å². The number of likely N-dealkylation sites (N-methyl/N-ethyl adjacent to an activating group) is 1. The molecule has 108 valence electrons. The van der Waals surface area contributed by atoms with Gasteiger partial charge in [0.2, 0.25) is 0 Å². The first-order valence-corrected chi connectivity index (χ1v) is 7.44. The predicted octanol–water partition coefficient (Wildman–Crippen LogP) is 3.55. The fraction of sp³-hybridized carbons (Fsp3) is 0.571. The topological polar surface area (TPSA) is 15.3 Å². The zero-order valence-electron chi connectivity index (χ0n) is 11.5. The molecule has 1 rings (SSSR count). The highest BCUT2D eigenvalue weighted by Gasteiger charge is 2.11. The third-order valence-electron chi connectivity index (χ3n) is 3.03. The number of hydrogen-bond acceptors (Lipinski definition) is 2. The second-order valence-corrected chi connectivity index (χ2v) is 5.29. The van der Waals surface area contributed by atoms with Gasteiger partial charge in [-0.05, 0) is 47.6 Å². The lowest BCUT2D eigenvalue weighted by atomic mass is 10.2. The maximum absolute atomic E-state index is 13.7. The van der Waals surface area contributed by atoms with Gasteiger partial charge in [0.25, 0.3) is 0 Å². The van der Waals surface area contributed by atoms with Crippen molar-refractivity contribution in [1.82, 2.24) is 10.2 Å². The maximum Gasteiger partial charge on any atom is 0.144 e. The third-order valence-corrected chi connectivity index (χ3v) is 3.64. The van der Waals surface area contributed by atoms with E-state index < -0.39 is 11.6 Å². The smallest absolute Gasteiger partial charge is 0.144 e. The highest BCUT2D eigenvalue weighted by atomic mass is 79.9. The summed E-state index contributed by atoms with van der Waals surface area (Å²) in [5.41, 5.74) is 0.0907. The van der Waals surface area contributed by atoms with Crippen LogP contribution in [0.3, 0.4) is 0 Å². The molecule has 2 nitrogen and oxygen atoms in total. The van der Waals surface area contributed by atoms with Gasteiger partial charge in [-0.2, -0.15) is 0 Å². The van der Waals surface area contributed by atoms with Crippen LogP contribution in [-0.4, -0.2) is 31.1 Å². The summed E-state index contributed by atoms with van der Waals surface area (Å²) in [5.74, 6) is -1.03. The number of nitrogens with one attached hydrogen (secondary N) is 1. The Kier molecular flexibility index (Phi) is 7.49. The van der Waals surface area contributed by atoms with E-state index in [-0.39, 0.29) is 12.1 Å². The van der Waals surface area contributed by atoms with Gasteiger partial charge in [0.15, 0.2) is 0 Å². The molecule has 1 aromatic rings. The molecule has 0 aliphatic rings. The second-order valence-electron chi connectivity index (χ2n) is 4.43. The molecule has 0 saturated carbocycles. The molecule has 0 unspecified atom stereocenters. The molecular weight excluding hydrogens is 314 g/mol. The lowest BCUT2D eigenvalue weighted by Crippen LogP contribution is -2.32. The SMILES string of the molecule is CCCN(CC)CCNCc1c(F)ccc(Br)c1F. The minimum Gasteiger partial charge on any atom is -0.311 e. The Morgan fingerprint density at radius 3 is 2.58 bits per heavy atom. The molecule has 0 spiro atoms. The zero-order valence-corrected chi connectivity index (χ0v) is 13.1. The number of rotatable bonds is 8. The Labute approximate surface area is 122 Å². The van der Waals surface area contributed by atoms with Crippen LogP contribution in [0, 0.1) is 11.6 Å². The van der Waals surface area contributed by atoms with E-state index in [2.05, 4.69) is 40.0 Å². The van der Waals surface area contributed by atoms with Crippen molar-refractivity contribution in [3.8, 4) is 0 Å². The minimum atomic E-state index is -0.520. The highest BCUT2D eigenvalue weighted by molar-refractivity contribution is 9.10. The van der Waals surface area contributed by atoms with Gasteiger partial charge in [-0.15, -0.1) is 0 Å². The van der Waals surface area contributed by atoms with E-state index in [1.165, 1.54) is 12.1 Å². The van der Waals surface area contributed by atoms with Crippen molar-refractivity contribution in [3.63, 3.8) is 0 Å². The van der Waals surface area contributed by atoms with Crippen molar-refractivity contribution in [2.24, 2.45) is 0 Å². The molecule has 0 fully saturated rings. The van der Waals surface area contributed by atoms with Crippen molar-refractivity contribution >= 4 is 15.9 Å². The van der Waals surface area contributed by atoms with E-state index in [1.807, 2.05) is 0 Å². The molecular formula is C14H21BrF2N2. The van der Waals surface area contributed by atoms with Crippen LogP contribution in [0.1, 0.15) is 25.8 Å². The summed E-state index contributed by atoms with van der Waals surface area (Å²) in [6.07, 6.45) is 1.11. The monoisotopic (exact) mass is 334 g/mol. The van der Waals surface area contributed by atoms with Gasteiger partial charge >= 0.3 is 0 Å². The Balaban J connectivity index is 2.43. The number of benzene rings is 1. The van der Waals surface area contributed by atoms with Gasteiger partial charge in [0.05, 0.1) is 4.47 Å². The van der Waals surface area contributed by atoms with Gasteiger partial charge in [0.1, 0.15) is 11.6 Å². The van der Waals surface area contributed by atoms with Crippen LogP contribution in [0.5, 0.6) is 0 Å². The molecule has 5 heteroatoms. The molecule has 1 aromatic carbocycles. The van der Waals surface area contributed by atoms with E-state index >= 15 is 0 Å². The number of hydrogen-bond donors (Lipinski definition) is 1. The molecule has 0 aliphatic heterocycles. The molecule has 0 heterocycles. The van der Waals surface area contributed by atoms with Crippen LogP contribution >= 0.6 is 15.9 Å². The van der Waals surface area contributed by atoms with Crippen LogP contribution in [0.15, 0.2) is 16.6 Å². The summed E-state index contributed by atoms with van der Waals surface area (Å²) >= 11 is 3.07. The average molecular weight is 335 g/mol. The van der Waals surface area contributed by atoms with Gasteiger partial charge in [-0.3, -0.25) is 0 Å². The third kappa shape index (κ3) is 5.16. The van der Waals surface area contributed by atoms with Gasteiger partial charge in [-0.1, -0.05) is 13.8 Å². The van der Waals surface area contributed by atoms with Crippen molar-refractivity contribution in [2.45, 2.75) is 26.8 Å². The van der Waals surface area contributed by atoms with Crippen LogP contribution in [-0.2, 0) is 6.54 Å². The molecule has 0 radical (unpaired) electrons. The quantitative estimate of drug-likeness (QED) is 0.577.